The van der Waals surface area contributed by atoms with Gasteiger partial charge in [-0.05, 0) is 63.2 Å². The van der Waals surface area contributed by atoms with E-state index in [1.807, 2.05) is 5.38 Å². The van der Waals surface area contributed by atoms with Gasteiger partial charge >= 0.3 is 0 Å². The van der Waals surface area contributed by atoms with Gasteiger partial charge in [-0.15, -0.1) is 11.3 Å². The number of hydrogen-bond donors (Lipinski definition) is 2. The number of carbonyl (C=O) groups is 2. The smallest absolute Gasteiger partial charge is 0.248 e. The van der Waals surface area contributed by atoms with Crippen molar-refractivity contribution in [2.24, 2.45) is 23.2 Å². The number of thiazole rings is 1. The number of nitrogens with zero attached hydrogens (tertiary/aromatic N) is 1. The Bertz CT molecular complexity index is 578. The van der Waals surface area contributed by atoms with Crippen LogP contribution in [0.1, 0.15) is 45.4 Å². The fourth-order valence-electron chi connectivity index (χ4n) is 5.30. The normalized spacial score (nSPS) is 35.8. The van der Waals surface area contributed by atoms with Crippen molar-refractivity contribution < 1.29 is 9.59 Å². The topological polar surface area (TPSA) is 71.1 Å². The quantitative estimate of drug-likeness (QED) is 0.890. The molecule has 6 heteroatoms. The molecule has 4 aliphatic carbocycles. The van der Waals surface area contributed by atoms with Crippen molar-refractivity contribution in [3.8, 4) is 0 Å². The Morgan fingerprint density at radius 2 is 1.83 bits per heavy atom. The van der Waals surface area contributed by atoms with Crippen LogP contribution < -0.4 is 10.6 Å². The summed E-state index contributed by atoms with van der Waals surface area (Å²) in [6.45, 7) is 1.75. The minimum absolute atomic E-state index is 0.0957. The van der Waals surface area contributed by atoms with Crippen LogP contribution in [0.2, 0.25) is 0 Å². The van der Waals surface area contributed by atoms with Crippen molar-refractivity contribution in [3.05, 3.63) is 11.6 Å². The van der Waals surface area contributed by atoms with Crippen molar-refractivity contribution in [1.82, 2.24) is 10.3 Å². The highest BCUT2D eigenvalue weighted by Crippen LogP contribution is 2.60. The predicted molar refractivity (Wildman–Crippen MR) is 89.0 cm³/mol. The molecule has 0 aromatic carbocycles. The van der Waals surface area contributed by atoms with Gasteiger partial charge in [0, 0.05) is 17.0 Å². The maximum Gasteiger partial charge on any atom is 0.248 e. The second-order valence-corrected chi connectivity index (χ2v) is 8.61. The average Bonchev–Trinajstić information content (AvgIpc) is 2.98. The molecule has 2 amide bonds. The molecule has 1 atom stereocenters. The maximum absolute atomic E-state index is 12.9. The summed E-state index contributed by atoms with van der Waals surface area (Å²) in [4.78, 5) is 29.2. The van der Waals surface area contributed by atoms with E-state index in [-0.39, 0.29) is 17.2 Å². The highest BCUT2D eigenvalue weighted by molar-refractivity contribution is 7.13. The van der Waals surface area contributed by atoms with Crippen LogP contribution >= 0.6 is 11.3 Å². The average molecular weight is 333 g/mol. The van der Waals surface area contributed by atoms with Crippen LogP contribution in [0.5, 0.6) is 0 Å². The number of aromatic nitrogens is 1. The first-order chi connectivity index (χ1) is 11.0. The molecule has 1 aromatic rings. The third-order valence-corrected chi connectivity index (χ3v) is 6.61. The van der Waals surface area contributed by atoms with E-state index in [4.69, 9.17) is 0 Å². The lowest BCUT2D eigenvalue weighted by Crippen LogP contribution is -2.56. The van der Waals surface area contributed by atoms with Gasteiger partial charge in [0.15, 0.2) is 5.13 Å². The molecule has 1 aromatic heterocycles. The van der Waals surface area contributed by atoms with E-state index in [0.717, 1.165) is 37.0 Å². The molecule has 0 unspecified atom stereocenters. The van der Waals surface area contributed by atoms with Gasteiger partial charge in [0.2, 0.25) is 11.8 Å². The second kappa shape index (κ2) is 5.58. The molecule has 0 saturated heterocycles. The first-order valence-corrected chi connectivity index (χ1v) is 9.43. The lowest BCUT2D eigenvalue weighted by atomic mass is 9.49. The van der Waals surface area contributed by atoms with Gasteiger partial charge in [-0.1, -0.05) is 0 Å². The first kappa shape index (κ1) is 15.1. The Morgan fingerprint density at radius 3 is 2.35 bits per heavy atom. The minimum Gasteiger partial charge on any atom is -0.344 e. The summed E-state index contributed by atoms with van der Waals surface area (Å²) in [5.41, 5.74) is -0.204. The van der Waals surface area contributed by atoms with Gasteiger partial charge in [0.25, 0.3) is 0 Å². The fourth-order valence-corrected chi connectivity index (χ4v) is 5.83. The Hall–Kier alpha value is -1.43. The van der Waals surface area contributed by atoms with Crippen molar-refractivity contribution in [1.29, 1.82) is 0 Å². The lowest BCUT2D eigenvalue weighted by molar-refractivity contribution is -0.147. The number of nitrogens with one attached hydrogen (secondary N) is 2. The summed E-state index contributed by atoms with van der Waals surface area (Å²) in [5, 5.41) is 8.12. The predicted octanol–water partition coefficient (Wildman–Crippen LogP) is 2.80. The molecular weight excluding hydrogens is 310 g/mol. The summed E-state index contributed by atoms with van der Waals surface area (Å²) < 4.78 is 0. The van der Waals surface area contributed by atoms with Crippen LogP contribution in [0, 0.1) is 23.2 Å². The summed E-state index contributed by atoms with van der Waals surface area (Å²) in [6, 6.07) is -0.528. The van der Waals surface area contributed by atoms with E-state index in [2.05, 4.69) is 15.6 Å². The summed E-state index contributed by atoms with van der Waals surface area (Å²) in [7, 11) is 0. The number of hydrogen-bond acceptors (Lipinski definition) is 4. The summed E-state index contributed by atoms with van der Waals surface area (Å²) in [6.07, 6.45) is 8.65. The molecular formula is C17H23N3O2S. The van der Waals surface area contributed by atoms with Crippen LogP contribution in [0.4, 0.5) is 5.13 Å². The van der Waals surface area contributed by atoms with Gasteiger partial charge in [0.05, 0.1) is 0 Å². The van der Waals surface area contributed by atoms with E-state index < -0.39 is 6.04 Å². The molecule has 4 aliphatic rings. The van der Waals surface area contributed by atoms with Gasteiger partial charge in [0.1, 0.15) is 6.04 Å². The Balaban J connectivity index is 1.40. The van der Waals surface area contributed by atoms with E-state index >= 15 is 0 Å². The van der Waals surface area contributed by atoms with Gasteiger partial charge in [-0.25, -0.2) is 4.98 Å². The van der Waals surface area contributed by atoms with E-state index in [1.54, 1.807) is 13.1 Å². The standard InChI is InChI=1S/C17H23N3O2S/c1-10(14(21)20-16-18-2-3-23-16)19-15(22)17-7-11-4-12(8-17)6-13(5-11)9-17/h2-3,10-13H,4-9H2,1H3,(H,19,22)(H,18,20,21)/t10-,11?,12?,13?,17?/m0/s1. The van der Waals surface area contributed by atoms with E-state index in [9.17, 15) is 9.59 Å². The van der Waals surface area contributed by atoms with Crippen LogP contribution in [-0.4, -0.2) is 22.8 Å². The van der Waals surface area contributed by atoms with Crippen molar-refractivity contribution >= 4 is 28.3 Å². The third kappa shape index (κ3) is 2.77. The SMILES string of the molecule is C[C@H](NC(=O)C12CC3CC(CC(C3)C1)C2)C(=O)Nc1nccs1. The maximum atomic E-state index is 12.9. The van der Waals surface area contributed by atoms with Crippen molar-refractivity contribution in [2.45, 2.75) is 51.5 Å². The second-order valence-electron chi connectivity index (χ2n) is 7.72. The molecule has 0 spiro atoms. The lowest BCUT2D eigenvalue weighted by Gasteiger charge is -2.55. The number of anilines is 1. The van der Waals surface area contributed by atoms with Crippen molar-refractivity contribution in [2.75, 3.05) is 5.32 Å². The van der Waals surface area contributed by atoms with Crippen molar-refractivity contribution in [3.63, 3.8) is 0 Å². The fraction of sp³-hybridized carbons (Fsp3) is 0.706. The van der Waals surface area contributed by atoms with Crippen LogP contribution in [0.15, 0.2) is 11.6 Å². The zero-order chi connectivity index (χ0) is 16.0. The number of rotatable bonds is 4. The Labute approximate surface area is 140 Å². The minimum atomic E-state index is -0.528. The molecule has 0 aliphatic heterocycles. The molecule has 4 fully saturated rings. The monoisotopic (exact) mass is 333 g/mol. The van der Waals surface area contributed by atoms with E-state index in [0.29, 0.717) is 5.13 Å². The highest BCUT2D eigenvalue weighted by atomic mass is 32.1. The zero-order valence-electron chi connectivity index (χ0n) is 13.4. The largest absolute Gasteiger partial charge is 0.344 e. The van der Waals surface area contributed by atoms with Crippen LogP contribution in [-0.2, 0) is 9.59 Å². The first-order valence-electron chi connectivity index (χ1n) is 8.55. The van der Waals surface area contributed by atoms with Gasteiger partial charge < -0.3 is 10.6 Å². The highest BCUT2D eigenvalue weighted by Gasteiger charge is 2.54. The molecule has 5 rings (SSSR count). The molecule has 0 radical (unpaired) electrons. The summed E-state index contributed by atoms with van der Waals surface area (Å²) >= 11 is 1.38. The Morgan fingerprint density at radius 1 is 1.22 bits per heavy atom. The van der Waals surface area contributed by atoms with Crippen LogP contribution in [0.3, 0.4) is 0 Å². The molecule has 5 nitrogen and oxygen atoms in total. The van der Waals surface area contributed by atoms with Gasteiger partial charge in [-0.2, -0.15) is 0 Å². The molecule has 2 N–H and O–H groups in total. The van der Waals surface area contributed by atoms with Gasteiger partial charge in [-0.3, -0.25) is 9.59 Å². The molecule has 1 heterocycles. The van der Waals surface area contributed by atoms with E-state index in [1.165, 1.54) is 30.6 Å². The molecule has 4 bridgehead atoms. The summed E-state index contributed by atoms with van der Waals surface area (Å²) in [5.74, 6) is 2.08. The zero-order valence-corrected chi connectivity index (χ0v) is 14.2. The molecule has 4 saturated carbocycles. The molecule has 124 valence electrons. The number of carbonyl (C=O) groups excluding carboxylic acids is 2. The van der Waals surface area contributed by atoms with Crippen LogP contribution in [0.25, 0.3) is 0 Å². The molecule has 23 heavy (non-hydrogen) atoms. The number of amides is 2. The third-order valence-electron chi connectivity index (χ3n) is 5.92. The Kier molecular flexibility index (Phi) is 3.67.